The summed E-state index contributed by atoms with van der Waals surface area (Å²) >= 11 is 1.66. The van der Waals surface area contributed by atoms with E-state index in [1.807, 2.05) is 29.8 Å². The topological polar surface area (TPSA) is 54.1 Å². The molecular weight excluding hydrogens is 308 g/mol. The monoisotopic (exact) mass is 328 g/mol. The summed E-state index contributed by atoms with van der Waals surface area (Å²) in [7, 11) is 3.37. The number of methoxy groups -OCH3 is 1. The van der Waals surface area contributed by atoms with Crippen LogP contribution in [0, 0.1) is 5.92 Å². The molecule has 0 bridgehead atoms. The highest BCUT2D eigenvalue weighted by molar-refractivity contribution is 7.07. The zero-order chi connectivity index (χ0) is 16.2. The standard InChI is InChI=1S/C18H20N2O2S/c1-19-18(21)13(8-12-6-7-23-11-12)9-14-10-20-15-4-3-5-16(22-2)17(14)15/h3-7,10-11,13,20H,8-9H2,1-2H3,(H,19,21). The summed E-state index contributed by atoms with van der Waals surface area (Å²) in [4.78, 5) is 15.6. The lowest BCUT2D eigenvalue weighted by atomic mass is 9.92. The molecule has 1 amide bonds. The van der Waals surface area contributed by atoms with Gasteiger partial charge in [-0.25, -0.2) is 0 Å². The maximum Gasteiger partial charge on any atom is 0.223 e. The molecule has 1 aromatic carbocycles. The average Bonchev–Trinajstić information content (AvgIpc) is 3.23. The minimum Gasteiger partial charge on any atom is -0.496 e. The number of H-pyrrole nitrogens is 1. The van der Waals surface area contributed by atoms with Gasteiger partial charge in [0.25, 0.3) is 0 Å². The van der Waals surface area contributed by atoms with Gasteiger partial charge in [-0.2, -0.15) is 11.3 Å². The molecule has 2 N–H and O–H groups in total. The number of rotatable bonds is 6. The van der Waals surface area contributed by atoms with Crippen LogP contribution >= 0.6 is 11.3 Å². The lowest BCUT2D eigenvalue weighted by Crippen LogP contribution is -2.30. The van der Waals surface area contributed by atoms with Crippen molar-refractivity contribution in [2.45, 2.75) is 12.8 Å². The highest BCUT2D eigenvalue weighted by atomic mass is 32.1. The Kier molecular flexibility index (Phi) is 4.67. The summed E-state index contributed by atoms with van der Waals surface area (Å²) < 4.78 is 5.48. The minimum atomic E-state index is -0.0986. The van der Waals surface area contributed by atoms with Gasteiger partial charge in [0, 0.05) is 30.1 Å². The van der Waals surface area contributed by atoms with E-state index >= 15 is 0 Å². The Labute approximate surface area is 139 Å². The number of fused-ring (bicyclic) bond motifs is 1. The second kappa shape index (κ2) is 6.87. The average molecular weight is 328 g/mol. The van der Waals surface area contributed by atoms with E-state index in [0.717, 1.165) is 28.6 Å². The molecule has 4 nitrogen and oxygen atoms in total. The van der Waals surface area contributed by atoms with Crippen LogP contribution in [0.1, 0.15) is 11.1 Å². The fourth-order valence-corrected chi connectivity index (χ4v) is 3.65. The van der Waals surface area contributed by atoms with E-state index in [1.54, 1.807) is 25.5 Å². The van der Waals surface area contributed by atoms with Crippen molar-refractivity contribution in [3.8, 4) is 5.75 Å². The Balaban J connectivity index is 1.92. The summed E-state index contributed by atoms with van der Waals surface area (Å²) in [6.45, 7) is 0. The van der Waals surface area contributed by atoms with Gasteiger partial charge in [0.15, 0.2) is 0 Å². The van der Waals surface area contributed by atoms with Crippen LogP contribution in [0.15, 0.2) is 41.2 Å². The first-order valence-corrected chi connectivity index (χ1v) is 8.53. The first-order valence-electron chi connectivity index (χ1n) is 7.58. The molecule has 0 saturated carbocycles. The van der Waals surface area contributed by atoms with E-state index in [4.69, 9.17) is 4.74 Å². The number of aromatic amines is 1. The second-order valence-corrected chi connectivity index (χ2v) is 6.33. The van der Waals surface area contributed by atoms with Crippen LogP contribution in [0.3, 0.4) is 0 Å². The number of carbonyl (C=O) groups excluding carboxylic acids is 1. The van der Waals surface area contributed by atoms with Crippen molar-refractivity contribution in [2.24, 2.45) is 5.92 Å². The summed E-state index contributed by atoms with van der Waals surface area (Å²) in [5.41, 5.74) is 3.35. The Morgan fingerprint density at radius 2 is 2.22 bits per heavy atom. The van der Waals surface area contributed by atoms with Crippen molar-refractivity contribution in [3.63, 3.8) is 0 Å². The van der Waals surface area contributed by atoms with Crippen molar-refractivity contribution in [2.75, 3.05) is 14.2 Å². The number of amides is 1. The van der Waals surface area contributed by atoms with Gasteiger partial charge in [0.05, 0.1) is 7.11 Å². The maximum atomic E-state index is 12.3. The highest BCUT2D eigenvalue weighted by Crippen LogP contribution is 2.30. The molecule has 0 aliphatic carbocycles. The molecule has 1 unspecified atom stereocenters. The summed E-state index contributed by atoms with van der Waals surface area (Å²) in [6.07, 6.45) is 3.40. The maximum absolute atomic E-state index is 12.3. The summed E-state index contributed by atoms with van der Waals surface area (Å²) in [5.74, 6) is 0.809. The lowest BCUT2D eigenvalue weighted by Gasteiger charge is -2.15. The van der Waals surface area contributed by atoms with E-state index in [2.05, 4.69) is 21.7 Å². The highest BCUT2D eigenvalue weighted by Gasteiger charge is 2.21. The molecule has 3 rings (SSSR count). The smallest absolute Gasteiger partial charge is 0.223 e. The molecule has 0 saturated heterocycles. The number of hydrogen-bond donors (Lipinski definition) is 2. The summed E-state index contributed by atoms with van der Waals surface area (Å²) in [6, 6.07) is 8.02. The quantitative estimate of drug-likeness (QED) is 0.729. The Morgan fingerprint density at radius 1 is 1.35 bits per heavy atom. The molecule has 5 heteroatoms. The van der Waals surface area contributed by atoms with E-state index in [1.165, 1.54) is 5.56 Å². The largest absolute Gasteiger partial charge is 0.496 e. The number of hydrogen-bond acceptors (Lipinski definition) is 3. The molecule has 0 radical (unpaired) electrons. The first kappa shape index (κ1) is 15.6. The van der Waals surface area contributed by atoms with Crippen molar-refractivity contribution in [3.05, 3.63) is 52.3 Å². The third-order valence-corrected chi connectivity index (χ3v) is 4.85. The molecular formula is C18H20N2O2S. The normalized spacial score (nSPS) is 12.3. The van der Waals surface area contributed by atoms with E-state index < -0.39 is 0 Å². The molecule has 0 fully saturated rings. The Hall–Kier alpha value is -2.27. The molecule has 2 heterocycles. The van der Waals surface area contributed by atoms with Gasteiger partial charge in [0.2, 0.25) is 5.91 Å². The predicted molar refractivity (Wildman–Crippen MR) is 94.1 cm³/mol. The van der Waals surface area contributed by atoms with E-state index in [9.17, 15) is 4.79 Å². The van der Waals surface area contributed by atoms with Gasteiger partial charge in [-0.3, -0.25) is 4.79 Å². The number of aromatic nitrogens is 1. The number of carbonyl (C=O) groups is 1. The van der Waals surface area contributed by atoms with Crippen molar-refractivity contribution < 1.29 is 9.53 Å². The number of thiophene rings is 1. The molecule has 23 heavy (non-hydrogen) atoms. The third-order valence-electron chi connectivity index (χ3n) is 4.11. The Morgan fingerprint density at radius 3 is 2.91 bits per heavy atom. The van der Waals surface area contributed by atoms with Crippen LogP contribution in [-0.2, 0) is 17.6 Å². The SMILES string of the molecule is CNC(=O)C(Cc1ccsc1)Cc1c[nH]c2cccc(OC)c12. The van der Waals surface area contributed by atoms with E-state index in [-0.39, 0.29) is 11.8 Å². The van der Waals surface area contributed by atoms with Crippen LogP contribution in [0.5, 0.6) is 5.75 Å². The third kappa shape index (κ3) is 3.24. The zero-order valence-corrected chi connectivity index (χ0v) is 14.1. The first-order chi connectivity index (χ1) is 11.2. The van der Waals surface area contributed by atoms with Crippen molar-refractivity contribution in [1.82, 2.24) is 10.3 Å². The fourth-order valence-electron chi connectivity index (χ4n) is 2.97. The molecule has 0 aliphatic heterocycles. The molecule has 1 atom stereocenters. The van der Waals surface area contributed by atoms with E-state index in [0.29, 0.717) is 6.42 Å². The number of nitrogens with one attached hydrogen (secondary N) is 2. The molecule has 3 aromatic rings. The number of benzene rings is 1. The fraction of sp³-hybridized carbons (Fsp3) is 0.278. The van der Waals surface area contributed by atoms with Gasteiger partial charge in [0.1, 0.15) is 5.75 Å². The van der Waals surface area contributed by atoms with Crippen molar-refractivity contribution in [1.29, 1.82) is 0 Å². The molecule has 2 aromatic heterocycles. The lowest BCUT2D eigenvalue weighted by molar-refractivity contribution is -0.124. The molecule has 120 valence electrons. The minimum absolute atomic E-state index is 0.0699. The number of ether oxygens (including phenoxy) is 1. The van der Waals surface area contributed by atoms with Crippen LogP contribution in [-0.4, -0.2) is 25.0 Å². The van der Waals surface area contributed by atoms with Crippen LogP contribution in [0.2, 0.25) is 0 Å². The van der Waals surface area contributed by atoms with Crippen LogP contribution < -0.4 is 10.1 Å². The predicted octanol–water partition coefficient (Wildman–Crippen LogP) is 3.39. The Bertz CT molecular complexity index is 793. The van der Waals surface area contributed by atoms with Gasteiger partial charge in [-0.15, -0.1) is 0 Å². The molecule has 0 spiro atoms. The zero-order valence-electron chi connectivity index (χ0n) is 13.3. The van der Waals surface area contributed by atoms with Gasteiger partial charge in [-0.05, 0) is 52.9 Å². The van der Waals surface area contributed by atoms with Gasteiger partial charge in [-0.1, -0.05) is 6.07 Å². The van der Waals surface area contributed by atoms with Gasteiger partial charge < -0.3 is 15.0 Å². The van der Waals surface area contributed by atoms with Crippen LogP contribution in [0.25, 0.3) is 10.9 Å². The molecule has 0 aliphatic rings. The van der Waals surface area contributed by atoms with Crippen molar-refractivity contribution >= 4 is 28.1 Å². The van der Waals surface area contributed by atoms with Crippen LogP contribution in [0.4, 0.5) is 0 Å². The summed E-state index contributed by atoms with van der Waals surface area (Å²) in [5, 5.41) is 8.00. The second-order valence-electron chi connectivity index (χ2n) is 5.55. The van der Waals surface area contributed by atoms with Gasteiger partial charge >= 0.3 is 0 Å².